The second kappa shape index (κ2) is 7.76. The molecule has 2 aromatic rings. The Morgan fingerprint density at radius 3 is 2.22 bits per heavy atom. The number of hydrogen-bond acceptors (Lipinski definition) is 3. The Labute approximate surface area is 135 Å². The lowest BCUT2D eigenvalue weighted by Gasteiger charge is -2.17. The predicted molar refractivity (Wildman–Crippen MR) is 89.0 cm³/mol. The van der Waals surface area contributed by atoms with E-state index in [0.717, 1.165) is 10.4 Å². The van der Waals surface area contributed by atoms with Gasteiger partial charge in [-0.1, -0.05) is 39.0 Å². The summed E-state index contributed by atoms with van der Waals surface area (Å²) in [6, 6.07) is 8.10. The highest BCUT2D eigenvalue weighted by molar-refractivity contribution is 5.88. The molecule has 1 aromatic carbocycles. The largest absolute Gasteiger partial charge is 0.477 e. The van der Waals surface area contributed by atoms with E-state index in [0.29, 0.717) is 11.8 Å². The highest BCUT2D eigenvalue weighted by Gasteiger charge is 2.18. The van der Waals surface area contributed by atoms with Gasteiger partial charge in [-0.15, -0.1) is 0 Å². The maximum absolute atomic E-state index is 12.8. The number of rotatable bonds is 3. The highest BCUT2D eigenvalue weighted by atomic mass is 19.1. The SMILES string of the molecule is CC(C)C(C)c1ccccc1N.Cc1nn(C)c(F)c1C(=O)O. The van der Waals surface area contributed by atoms with Crippen molar-refractivity contribution in [3.63, 3.8) is 0 Å². The Bertz CT molecular complexity index is 680. The molecule has 0 radical (unpaired) electrons. The van der Waals surface area contributed by atoms with E-state index in [9.17, 15) is 9.18 Å². The first-order valence-electron chi connectivity index (χ1n) is 7.43. The Hall–Kier alpha value is -2.37. The zero-order chi connectivity index (χ0) is 17.7. The average Bonchev–Trinajstić information content (AvgIpc) is 2.72. The summed E-state index contributed by atoms with van der Waals surface area (Å²) in [4.78, 5) is 10.4. The van der Waals surface area contributed by atoms with Gasteiger partial charge in [0.2, 0.25) is 5.95 Å². The number of anilines is 1. The molecule has 1 unspecified atom stereocenters. The van der Waals surface area contributed by atoms with Crippen LogP contribution < -0.4 is 5.73 Å². The number of aromatic nitrogens is 2. The molecule has 5 nitrogen and oxygen atoms in total. The highest BCUT2D eigenvalue weighted by Crippen LogP contribution is 2.27. The lowest BCUT2D eigenvalue weighted by atomic mass is 9.89. The van der Waals surface area contributed by atoms with Crippen LogP contribution in [0.5, 0.6) is 0 Å². The van der Waals surface area contributed by atoms with E-state index >= 15 is 0 Å². The van der Waals surface area contributed by atoms with Crippen molar-refractivity contribution in [3.8, 4) is 0 Å². The standard InChI is InChI=1S/C11H17N.C6H7FN2O2/c1-8(2)9(3)10-6-4-5-7-11(10)12;1-3-4(6(10)11)5(7)9(2)8-3/h4-9H,12H2,1-3H3;1-2H3,(H,10,11). The lowest BCUT2D eigenvalue weighted by molar-refractivity contribution is 0.0690. The molecule has 0 aliphatic carbocycles. The maximum Gasteiger partial charge on any atom is 0.342 e. The molecule has 0 amide bonds. The van der Waals surface area contributed by atoms with E-state index in [2.05, 4.69) is 31.9 Å². The van der Waals surface area contributed by atoms with Crippen LogP contribution in [0.15, 0.2) is 24.3 Å². The topological polar surface area (TPSA) is 81.1 Å². The third kappa shape index (κ3) is 4.55. The van der Waals surface area contributed by atoms with Gasteiger partial charge >= 0.3 is 5.97 Å². The molecule has 1 atom stereocenters. The zero-order valence-corrected chi connectivity index (χ0v) is 14.2. The summed E-state index contributed by atoms with van der Waals surface area (Å²) < 4.78 is 13.7. The number of benzene rings is 1. The van der Waals surface area contributed by atoms with Crippen LogP contribution in [0.3, 0.4) is 0 Å². The molecular weight excluding hydrogens is 297 g/mol. The van der Waals surface area contributed by atoms with Crippen LogP contribution in [0.25, 0.3) is 0 Å². The molecule has 3 N–H and O–H groups in total. The minimum Gasteiger partial charge on any atom is -0.477 e. The van der Waals surface area contributed by atoms with Crippen molar-refractivity contribution in [2.75, 3.05) is 5.73 Å². The van der Waals surface area contributed by atoms with Gasteiger partial charge < -0.3 is 10.8 Å². The molecule has 0 aliphatic heterocycles. The Kier molecular flexibility index (Phi) is 6.30. The number of nitrogen functional groups attached to an aromatic ring is 1. The monoisotopic (exact) mass is 321 g/mol. The third-order valence-electron chi connectivity index (χ3n) is 3.85. The van der Waals surface area contributed by atoms with Gasteiger partial charge in [-0.05, 0) is 30.4 Å². The summed E-state index contributed by atoms with van der Waals surface area (Å²) in [5.41, 5.74) is 7.88. The summed E-state index contributed by atoms with van der Waals surface area (Å²) in [6.07, 6.45) is 0. The Balaban J connectivity index is 0.000000231. The van der Waals surface area contributed by atoms with E-state index in [1.807, 2.05) is 18.2 Å². The number of para-hydroxylation sites is 1. The number of nitrogens with zero attached hydrogens (tertiary/aromatic N) is 2. The van der Waals surface area contributed by atoms with Gasteiger partial charge in [-0.25, -0.2) is 9.48 Å². The van der Waals surface area contributed by atoms with Crippen LogP contribution in [0, 0.1) is 18.8 Å². The van der Waals surface area contributed by atoms with Gasteiger partial charge in [0.1, 0.15) is 5.56 Å². The first-order valence-corrected chi connectivity index (χ1v) is 7.43. The number of aryl methyl sites for hydroxylation is 2. The number of carbonyl (C=O) groups is 1. The van der Waals surface area contributed by atoms with Crippen LogP contribution >= 0.6 is 0 Å². The minimum atomic E-state index is -1.28. The van der Waals surface area contributed by atoms with Crippen molar-refractivity contribution >= 4 is 11.7 Å². The number of nitrogens with two attached hydrogens (primary N) is 1. The van der Waals surface area contributed by atoms with E-state index in [4.69, 9.17) is 10.8 Å². The van der Waals surface area contributed by atoms with Crippen molar-refractivity contribution in [3.05, 3.63) is 47.0 Å². The van der Waals surface area contributed by atoms with Crippen LogP contribution in [-0.2, 0) is 7.05 Å². The molecule has 2 rings (SSSR count). The third-order valence-corrected chi connectivity index (χ3v) is 3.85. The fourth-order valence-corrected chi connectivity index (χ4v) is 2.16. The van der Waals surface area contributed by atoms with Gasteiger partial charge in [0.05, 0.1) is 5.69 Å². The second-order valence-electron chi connectivity index (χ2n) is 5.84. The molecule has 1 heterocycles. The molecule has 1 aromatic heterocycles. The van der Waals surface area contributed by atoms with Gasteiger partial charge in [-0.2, -0.15) is 9.49 Å². The first-order chi connectivity index (χ1) is 10.7. The maximum atomic E-state index is 12.8. The molecule has 126 valence electrons. The van der Waals surface area contributed by atoms with Crippen molar-refractivity contribution in [1.29, 1.82) is 0 Å². The summed E-state index contributed by atoms with van der Waals surface area (Å²) in [6.45, 7) is 8.11. The summed E-state index contributed by atoms with van der Waals surface area (Å²) in [5.74, 6) is -0.899. The van der Waals surface area contributed by atoms with Crippen LogP contribution in [0.4, 0.5) is 10.1 Å². The van der Waals surface area contributed by atoms with Gasteiger partial charge in [0.15, 0.2) is 0 Å². The number of halogens is 1. The smallest absolute Gasteiger partial charge is 0.342 e. The Morgan fingerprint density at radius 2 is 1.87 bits per heavy atom. The fraction of sp³-hybridized carbons (Fsp3) is 0.412. The Morgan fingerprint density at radius 1 is 1.30 bits per heavy atom. The molecule has 0 saturated heterocycles. The van der Waals surface area contributed by atoms with Crippen LogP contribution in [0.1, 0.15) is 48.3 Å². The van der Waals surface area contributed by atoms with Crippen molar-refractivity contribution in [2.45, 2.75) is 33.6 Å². The summed E-state index contributed by atoms with van der Waals surface area (Å²) >= 11 is 0. The minimum absolute atomic E-state index is 0.192. The lowest BCUT2D eigenvalue weighted by Crippen LogP contribution is -2.04. The van der Waals surface area contributed by atoms with Crippen molar-refractivity contribution in [2.24, 2.45) is 13.0 Å². The number of carboxylic acid groups (broad SMARTS) is 1. The zero-order valence-electron chi connectivity index (χ0n) is 14.2. The van der Waals surface area contributed by atoms with Crippen LogP contribution in [-0.4, -0.2) is 20.9 Å². The molecule has 0 spiro atoms. The van der Waals surface area contributed by atoms with Gasteiger partial charge in [0, 0.05) is 12.7 Å². The van der Waals surface area contributed by atoms with E-state index in [-0.39, 0.29) is 11.3 Å². The summed E-state index contributed by atoms with van der Waals surface area (Å²) in [5, 5.41) is 12.1. The molecule has 0 fully saturated rings. The molecule has 0 bridgehead atoms. The van der Waals surface area contributed by atoms with Crippen molar-refractivity contribution < 1.29 is 14.3 Å². The number of aromatic carboxylic acids is 1. The number of hydrogen-bond donors (Lipinski definition) is 2. The van der Waals surface area contributed by atoms with E-state index < -0.39 is 11.9 Å². The van der Waals surface area contributed by atoms with Crippen molar-refractivity contribution in [1.82, 2.24) is 9.78 Å². The average molecular weight is 321 g/mol. The predicted octanol–water partition coefficient (Wildman–Crippen LogP) is 3.59. The quantitative estimate of drug-likeness (QED) is 0.846. The first kappa shape index (κ1) is 18.7. The van der Waals surface area contributed by atoms with E-state index in [1.54, 1.807) is 0 Å². The van der Waals surface area contributed by atoms with Gasteiger partial charge in [-0.3, -0.25) is 0 Å². The normalized spacial score (nSPS) is 11.8. The molecular formula is C17H24FN3O2. The van der Waals surface area contributed by atoms with Crippen LogP contribution in [0.2, 0.25) is 0 Å². The van der Waals surface area contributed by atoms with Gasteiger partial charge in [0.25, 0.3) is 0 Å². The fourth-order valence-electron chi connectivity index (χ4n) is 2.16. The molecule has 23 heavy (non-hydrogen) atoms. The molecule has 0 aliphatic rings. The molecule has 6 heteroatoms. The number of carboxylic acids is 1. The summed E-state index contributed by atoms with van der Waals surface area (Å²) in [7, 11) is 1.36. The second-order valence-corrected chi connectivity index (χ2v) is 5.84. The van der Waals surface area contributed by atoms with E-state index in [1.165, 1.54) is 19.5 Å². The molecule has 0 saturated carbocycles.